The SMILES string of the molecule is CNC(=O)c1ccc(Nc2nc(C[NH+]3CCC(C)CC3)nc3sc(C)c(C)c23)cc1. The highest BCUT2D eigenvalue weighted by Crippen LogP contribution is 2.34. The summed E-state index contributed by atoms with van der Waals surface area (Å²) in [6.45, 7) is 9.86. The Morgan fingerprint density at radius 3 is 2.53 bits per heavy atom. The summed E-state index contributed by atoms with van der Waals surface area (Å²) in [4.78, 5) is 25.5. The van der Waals surface area contributed by atoms with Gasteiger partial charge in [0.2, 0.25) is 0 Å². The monoisotopic (exact) mass is 424 g/mol. The molecule has 4 rings (SSSR count). The van der Waals surface area contributed by atoms with Crippen LogP contribution in [0, 0.1) is 19.8 Å². The van der Waals surface area contributed by atoms with Gasteiger partial charge in [-0.3, -0.25) is 4.79 Å². The standard InChI is InChI=1S/C23H29N5OS/c1-14-9-11-28(12-10-14)13-19-26-21(20-15(2)16(3)30-23(20)27-19)25-18-7-5-17(6-8-18)22(29)24-4/h5-8,14H,9-13H2,1-4H3,(H,24,29)(H,25,26,27)/p+1. The number of nitrogens with zero attached hydrogens (tertiary/aromatic N) is 2. The summed E-state index contributed by atoms with van der Waals surface area (Å²) in [7, 11) is 1.64. The lowest BCUT2D eigenvalue weighted by atomic mass is 9.99. The van der Waals surface area contributed by atoms with Crippen LogP contribution in [-0.4, -0.2) is 36.0 Å². The molecule has 7 heteroatoms. The van der Waals surface area contributed by atoms with Crippen molar-refractivity contribution in [3.63, 3.8) is 0 Å². The first-order valence-corrected chi connectivity index (χ1v) is 11.5. The molecule has 0 bridgehead atoms. The van der Waals surface area contributed by atoms with Crippen LogP contribution in [0.25, 0.3) is 10.2 Å². The summed E-state index contributed by atoms with van der Waals surface area (Å²) in [5.41, 5.74) is 2.78. The predicted octanol–water partition coefficient (Wildman–Crippen LogP) is 3.23. The van der Waals surface area contributed by atoms with E-state index in [0.29, 0.717) is 5.56 Å². The summed E-state index contributed by atoms with van der Waals surface area (Å²) in [5.74, 6) is 2.50. The quantitative estimate of drug-likeness (QED) is 0.588. The van der Waals surface area contributed by atoms with Gasteiger partial charge in [0.15, 0.2) is 5.82 Å². The number of anilines is 2. The molecule has 1 amide bonds. The summed E-state index contributed by atoms with van der Waals surface area (Å²) < 4.78 is 0. The van der Waals surface area contributed by atoms with Gasteiger partial charge >= 0.3 is 0 Å². The molecular formula is C23H30N5OS+. The highest BCUT2D eigenvalue weighted by atomic mass is 32.1. The van der Waals surface area contributed by atoms with Crippen molar-refractivity contribution in [1.82, 2.24) is 15.3 Å². The van der Waals surface area contributed by atoms with Crippen molar-refractivity contribution in [2.24, 2.45) is 5.92 Å². The molecule has 6 nitrogen and oxygen atoms in total. The fourth-order valence-electron chi connectivity index (χ4n) is 4.02. The van der Waals surface area contributed by atoms with Crippen LogP contribution in [-0.2, 0) is 6.54 Å². The maximum atomic E-state index is 11.8. The number of hydrogen-bond donors (Lipinski definition) is 3. The van der Waals surface area contributed by atoms with Crippen LogP contribution >= 0.6 is 11.3 Å². The van der Waals surface area contributed by atoms with Gasteiger partial charge in [-0.15, -0.1) is 11.3 Å². The van der Waals surface area contributed by atoms with E-state index in [2.05, 4.69) is 31.4 Å². The molecule has 0 spiro atoms. The minimum Gasteiger partial charge on any atom is -0.355 e. The van der Waals surface area contributed by atoms with E-state index in [1.165, 1.54) is 36.4 Å². The normalized spacial score (nSPS) is 19.1. The number of carbonyl (C=O) groups is 1. The Kier molecular flexibility index (Phi) is 6.01. The molecule has 1 aliphatic rings. The predicted molar refractivity (Wildman–Crippen MR) is 123 cm³/mol. The molecule has 30 heavy (non-hydrogen) atoms. The third-order valence-electron chi connectivity index (χ3n) is 6.10. The second-order valence-corrected chi connectivity index (χ2v) is 9.55. The van der Waals surface area contributed by atoms with Crippen LogP contribution < -0.4 is 15.5 Å². The Morgan fingerprint density at radius 1 is 1.17 bits per heavy atom. The van der Waals surface area contributed by atoms with Gasteiger partial charge in [-0.2, -0.15) is 0 Å². The van der Waals surface area contributed by atoms with Crippen LogP contribution in [0.1, 0.15) is 46.4 Å². The van der Waals surface area contributed by atoms with E-state index >= 15 is 0 Å². The number of amides is 1. The maximum absolute atomic E-state index is 11.8. The number of rotatable bonds is 5. The first-order valence-electron chi connectivity index (χ1n) is 10.6. The van der Waals surface area contributed by atoms with Gasteiger partial charge in [-0.25, -0.2) is 9.97 Å². The Bertz CT molecular complexity index is 1050. The third kappa shape index (κ3) is 4.32. The molecule has 2 aromatic heterocycles. The average molecular weight is 425 g/mol. The van der Waals surface area contributed by atoms with Crippen LogP contribution in [0.5, 0.6) is 0 Å². The minimum absolute atomic E-state index is 0.0867. The zero-order chi connectivity index (χ0) is 21.3. The molecular weight excluding hydrogens is 394 g/mol. The van der Waals surface area contributed by atoms with Gasteiger partial charge < -0.3 is 15.5 Å². The number of piperidine rings is 1. The first kappa shape index (κ1) is 20.8. The molecule has 1 aliphatic heterocycles. The maximum Gasteiger partial charge on any atom is 0.251 e. The molecule has 0 radical (unpaired) electrons. The van der Waals surface area contributed by atoms with E-state index in [4.69, 9.17) is 9.97 Å². The van der Waals surface area contributed by atoms with Crippen molar-refractivity contribution < 1.29 is 9.69 Å². The molecule has 0 saturated carbocycles. The molecule has 3 aromatic rings. The largest absolute Gasteiger partial charge is 0.355 e. The van der Waals surface area contributed by atoms with Crippen LogP contribution in [0.2, 0.25) is 0 Å². The van der Waals surface area contributed by atoms with E-state index in [-0.39, 0.29) is 5.91 Å². The van der Waals surface area contributed by atoms with Gasteiger partial charge in [-0.1, -0.05) is 6.92 Å². The first-order chi connectivity index (χ1) is 14.4. The van der Waals surface area contributed by atoms with Crippen LogP contribution in [0.4, 0.5) is 11.5 Å². The van der Waals surface area contributed by atoms with E-state index in [1.54, 1.807) is 23.3 Å². The lowest BCUT2D eigenvalue weighted by Crippen LogP contribution is -3.11. The number of fused-ring (bicyclic) bond motifs is 1. The van der Waals surface area contributed by atoms with Gasteiger partial charge in [0.05, 0.1) is 18.5 Å². The van der Waals surface area contributed by atoms with E-state index in [1.807, 2.05) is 24.3 Å². The number of thiophene rings is 1. The molecule has 3 N–H and O–H groups in total. The Balaban J connectivity index is 1.64. The van der Waals surface area contributed by atoms with Crippen molar-refractivity contribution in [3.05, 3.63) is 46.1 Å². The van der Waals surface area contributed by atoms with Crippen LogP contribution in [0.3, 0.4) is 0 Å². The topological polar surface area (TPSA) is 71.3 Å². The van der Waals surface area contributed by atoms with Crippen molar-refractivity contribution in [2.75, 3.05) is 25.5 Å². The number of aromatic nitrogens is 2. The molecule has 0 aliphatic carbocycles. The molecule has 0 atom stereocenters. The molecule has 3 heterocycles. The number of quaternary nitrogens is 1. The number of carbonyl (C=O) groups excluding carboxylic acids is 1. The van der Waals surface area contributed by atoms with Crippen molar-refractivity contribution in [2.45, 2.75) is 40.2 Å². The van der Waals surface area contributed by atoms with E-state index in [9.17, 15) is 4.79 Å². The zero-order valence-electron chi connectivity index (χ0n) is 18.1. The zero-order valence-corrected chi connectivity index (χ0v) is 18.9. The number of nitrogens with one attached hydrogen (secondary N) is 3. The number of aryl methyl sites for hydroxylation is 2. The average Bonchev–Trinajstić information content (AvgIpc) is 3.03. The van der Waals surface area contributed by atoms with Crippen LogP contribution in [0.15, 0.2) is 24.3 Å². The molecule has 1 saturated heterocycles. The molecule has 158 valence electrons. The van der Waals surface area contributed by atoms with Gasteiger partial charge in [0.1, 0.15) is 17.2 Å². The highest BCUT2D eigenvalue weighted by molar-refractivity contribution is 7.18. The lowest BCUT2D eigenvalue weighted by Gasteiger charge is -2.26. The minimum atomic E-state index is -0.0867. The van der Waals surface area contributed by atoms with Crippen molar-refractivity contribution in [3.8, 4) is 0 Å². The number of hydrogen-bond acceptors (Lipinski definition) is 5. The summed E-state index contributed by atoms with van der Waals surface area (Å²) in [6.07, 6.45) is 2.55. The van der Waals surface area contributed by atoms with Gasteiger partial charge in [0, 0.05) is 23.2 Å². The Morgan fingerprint density at radius 2 is 1.87 bits per heavy atom. The van der Waals surface area contributed by atoms with Crippen molar-refractivity contribution in [1.29, 1.82) is 0 Å². The molecule has 1 fully saturated rings. The Labute approximate surface area is 181 Å². The fraction of sp³-hybridized carbons (Fsp3) is 0.435. The van der Waals surface area contributed by atoms with Crippen molar-refractivity contribution >= 4 is 39.0 Å². The smallest absolute Gasteiger partial charge is 0.251 e. The summed E-state index contributed by atoms with van der Waals surface area (Å²) >= 11 is 1.74. The van der Waals surface area contributed by atoms with E-state index < -0.39 is 0 Å². The fourth-order valence-corrected chi connectivity index (χ4v) is 5.07. The summed E-state index contributed by atoms with van der Waals surface area (Å²) in [5, 5.41) is 7.23. The second-order valence-electron chi connectivity index (χ2n) is 8.34. The lowest BCUT2D eigenvalue weighted by molar-refractivity contribution is -0.920. The Hall–Kier alpha value is -2.51. The summed E-state index contributed by atoms with van der Waals surface area (Å²) in [6, 6.07) is 7.49. The number of benzene rings is 1. The second kappa shape index (κ2) is 8.70. The third-order valence-corrected chi connectivity index (χ3v) is 7.20. The molecule has 0 unspecified atom stereocenters. The molecule has 1 aromatic carbocycles. The van der Waals surface area contributed by atoms with Gasteiger partial charge in [0.25, 0.3) is 5.91 Å². The van der Waals surface area contributed by atoms with E-state index in [0.717, 1.165) is 40.0 Å². The number of likely N-dealkylation sites (tertiary alicyclic amines) is 1. The van der Waals surface area contributed by atoms with Gasteiger partial charge in [-0.05, 0) is 62.4 Å². The highest BCUT2D eigenvalue weighted by Gasteiger charge is 2.22.